The number of benzene rings is 5. The monoisotopic (exact) mass is 475 g/mol. The first-order chi connectivity index (χ1) is 18.3. The zero-order valence-electron chi connectivity index (χ0n) is 20.1. The maximum absolute atomic E-state index is 6.81. The molecule has 8 aromatic rings. The van der Waals surface area contributed by atoms with Gasteiger partial charge in [0.25, 0.3) is 0 Å². The van der Waals surface area contributed by atoms with E-state index in [4.69, 9.17) is 9.40 Å². The van der Waals surface area contributed by atoms with Crippen LogP contribution in [0.1, 0.15) is 5.56 Å². The van der Waals surface area contributed by atoms with Crippen LogP contribution in [0.5, 0.6) is 0 Å². The van der Waals surface area contributed by atoms with Crippen molar-refractivity contribution in [3.05, 3.63) is 115 Å². The van der Waals surface area contributed by atoms with Crippen LogP contribution >= 0.6 is 0 Å². The van der Waals surface area contributed by atoms with Gasteiger partial charge in [0.1, 0.15) is 22.5 Å². The summed E-state index contributed by atoms with van der Waals surface area (Å²) in [4.78, 5) is 9.51. The molecule has 0 aliphatic carbocycles. The highest BCUT2D eigenvalue weighted by Crippen LogP contribution is 2.41. The molecule has 8 rings (SSSR count). The van der Waals surface area contributed by atoms with Crippen molar-refractivity contribution in [3.8, 4) is 17.1 Å². The molecule has 3 heterocycles. The van der Waals surface area contributed by atoms with Crippen molar-refractivity contribution in [2.45, 2.75) is 6.92 Å². The molecule has 0 saturated heterocycles. The molecular weight excluding hydrogens is 454 g/mol. The zero-order valence-corrected chi connectivity index (χ0v) is 20.1. The maximum Gasteiger partial charge on any atom is 0.149 e. The Bertz CT molecular complexity index is 2150. The van der Waals surface area contributed by atoms with Crippen LogP contribution in [0.4, 0.5) is 0 Å². The molecule has 0 bridgehead atoms. The lowest BCUT2D eigenvalue weighted by atomic mass is 9.99. The molecule has 0 atom stereocenters. The van der Waals surface area contributed by atoms with Crippen molar-refractivity contribution < 1.29 is 4.42 Å². The molecule has 0 N–H and O–H groups in total. The molecule has 4 nitrogen and oxygen atoms in total. The van der Waals surface area contributed by atoms with E-state index < -0.39 is 0 Å². The Balaban J connectivity index is 1.52. The number of aromatic nitrogens is 3. The molecule has 0 radical (unpaired) electrons. The molecule has 4 heteroatoms. The Morgan fingerprint density at radius 3 is 2.32 bits per heavy atom. The van der Waals surface area contributed by atoms with Gasteiger partial charge in [-0.05, 0) is 52.9 Å². The van der Waals surface area contributed by atoms with Gasteiger partial charge in [-0.3, -0.25) is 9.55 Å². The second kappa shape index (κ2) is 7.52. The fourth-order valence-electron chi connectivity index (χ4n) is 5.72. The second-order valence-electron chi connectivity index (χ2n) is 9.54. The van der Waals surface area contributed by atoms with Crippen molar-refractivity contribution in [2.24, 2.45) is 0 Å². The van der Waals surface area contributed by atoms with E-state index in [0.717, 1.165) is 61.0 Å². The average Bonchev–Trinajstić information content (AvgIpc) is 3.53. The van der Waals surface area contributed by atoms with E-state index >= 15 is 0 Å². The lowest BCUT2D eigenvalue weighted by Crippen LogP contribution is -1.98. The summed E-state index contributed by atoms with van der Waals surface area (Å²) < 4.78 is 9.03. The minimum Gasteiger partial charge on any atom is -0.455 e. The van der Waals surface area contributed by atoms with Gasteiger partial charge in [0.15, 0.2) is 0 Å². The third kappa shape index (κ3) is 2.84. The quantitative estimate of drug-likeness (QED) is 0.235. The van der Waals surface area contributed by atoms with E-state index in [1.807, 2.05) is 18.5 Å². The normalized spacial score (nSPS) is 11.9. The number of rotatable bonds is 2. The maximum atomic E-state index is 6.81. The van der Waals surface area contributed by atoms with Crippen LogP contribution in [0.25, 0.3) is 71.6 Å². The van der Waals surface area contributed by atoms with E-state index in [-0.39, 0.29) is 0 Å². The van der Waals surface area contributed by atoms with Gasteiger partial charge < -0.3 is 4.42 Å². The summed E-state index contributed by atoms with van der Waals surface area (Å²) in [6.07, 6.45) is 3.73. The molecule has 0 amide bonds. The molecule has 0 unspecified atom stereocenters. The Kier molecular flexibility index (Phi) is 4.12. The summed E-state index contributed by atoms with van der Waals surface area (Å²) in [5, 5.41) is 6.92. The molecule has 3 aromatic heterocycles. The Labute approximate surface area is 212 Å². The highest BCUT2D eigenvalue weighted by atomic mass is 16.3. The smallest absolute Gasteiger partial charge is 0.149 e. The van der Waals surface area contributed by atoms with E-state index in [1.54, 1.807) is 0 Å². The van der Waals surface area contributed by atoms with E-state index in [9.17, 15) is 0 Å². The summed E-state index contributed by atoms with van der Waals surface area (Å²) >= 11 is 0. The van der Waals surface area contributed by atoms with Gasteiger partial charge in [-0.15, -0.1) is 0 Å². The molecule has 0 spiro atoms. The van der Waals surface area contributed by atoms with Crippen LogP contribution in [-0.4, -0.2) is 14.5 Å². The van der Waals surface area contributed by atoms with Crippen molar-refractivity contribution in [2.75, 3.05) is 0 Å². The fourth-order valence-corrected chi connectivity index (χ4v) is 5.72. The van der Waals surface area contributed by atoms with Gasteiger partial charge in [0.05, 0.1) is 17.3 Å². The van der Waals surface area contributed by atoms with Crippen LogP contribution in [0.15, 0.2) is 114 Å². The average molecular weight is 476 g/mol. The van der Waals surface area contributed by atoms with Crippen molar-refractivity contribution in [3.63, 3.8) is 0 Å². The number of hydrogen-bond donors (Lipinski definition) is 0. The van der Waals surface area contributed by atoms with Crippen LogP contribution in [-0.2, 0) is 0 Å². The predicted molar refractivity (Wildman–Crippen MR) is 151 cm³/mol. The highest BCUT2D eigenvalue weighted by molar-refractivity contribution is 6.23. The van der Waals surface area contributed by atoms with Crippen molar-refractivity contribution in [1.82, 2.24) is 14.5 Å². The van der Waals surface area contributed by atoms with Gasteiger partial charge in [-0.25, -0.2) is 4.98 Å². The molecule has 5 aromatic carbocycles. The number of nitrogens with zero attached hydrogens (tertiary/aromatic N) is 3. The second-order valence-corrected chi connectivity index (χ2v) is 9.54. The summed E-state index contributed by atoms with van der Waals surface area (Å²) in [5.41, 5.74) is 6.77. The zero-order chi connectivity index (χ0) is 24.5. The van der Waals surface area contributed by atoms with Crippen LogP contribution in [0.3, 0.4) is 0 Å². The predicted octanol–water partition coefficient (Wildman–Crippen LogP) is 8.60. The van der Waals surface area contributed by atoms with E-state index in [0.29, 0.717) is 0 Å². The van der Waals surface area contributed by atoms with E-state index in [2.05, 4.69) is 107 Å². The Morgan fingerprint density at radius 2 is 1.41 bits per heavy atom. The molecule has 0 fully saturated rings. The number of imidazole rings is 1. The van der Waals surface area contributed by atoms with Gasteiger partial charge in [0, 0.05) is 28.0 Å². The number of fused-ring (bicyclic) bond motifs is 8. The van der Waals surface area contributed by atoms with Crippen LogP contribution < -0.4 is 0 Å². The summed E-state index contributed by atoms with van der Waals surface area (Å²) in [5.74, 6) is 0.844. The Morgan fingerprint density at radius 1 is 0.649 bits per heavy atom. The summed E-state index contributed by atoms with van der Waals surface area (Å²) in [7, 11) is 0. The molecule has 174 valence electrons. The molecular formula is C33H21N3O. The van der Waals surface area contributed by atoms with Crippen molar-refractivity contribution >= 4 is 54.5 Å². The first kappa shape index (κ1) is 20.3. The van der Waals surface area contributed by atoms with Crippen LogP contribution in [0, 0.1) is 6.92 Å². The number of furan rings is 1. The van der Waals surface area contributed by atoms with E-state index in [1.165, 1.54) is 16.2 Å². The lowest BCUT2D eigenvalue weighted by molar-refractivity contribution is 0.673. The number of para-hydroxylation sites is 2. The number of pyridine rings is 1. The largest absolute Gasteiger partial charge is 0.455 e. The third-order valence-corrected chi connectivity index (χ3v) is 7.37. The molecule has 37 heavy (non-hydrogen) atoms. The minimum atomic E-state index is 0.844. The number of hydrogen-bond acceptors (Lipinski definition) is 3. The third-order valence-electron chi connectivity index (χ3n) is 7.37. The number of aryl methyl sites for hydroxylation is 1. The minimum absolute atomic E-state index is 0.844. The van der Waals surface area contributed by atoms with Gasteiger partial charge in [0.2, 0.25) is 0 Å². The fraction of sp³-hybridized carbons (Fsp3) is 0.0303. The molecule has 0 aliphatic heterocycles. The Hall–Kier alpha value is -4.96. The first-order valence-electron chi connectivity index (χ1n) is 12.4. The van der Waals surface area contributed by atoms with Gasteiger partial charge in [-0.2, -0.15) is 0 Å². The highest BCUT2D eigenvalue weighted by Gasteiger charge is 2.21. The van der Waals surface area contributed by atoms with Crippen LogP contribution in [0.2, 0.25) is 0 Å². The molecule has 0 saturated carbocycles. The topological polar surface area (TPSA) is 43.9 Å². The summed E-state index contributed by atoms with van der Waals surface area (Å²) in [6.45, 7) is 2.08. The first-order valence-corrected chi connectivity index (χ1v) is 12.4. The van der Waals surface area contributed by atoms with Gasteiger partial charge >= 0.3 is 0 Å². The lowest BCUT2D eigenvalue weighted by Gasteiger charge is -2.11. The standard InChI is InChI=1S/C33H21N3O/c1-20-18-34-19-28-30(20)36(23-9-3-2-4-10-23)33(35-28)27-13-7-12-25-26-17-16-22-15-14-21-8-5-6-11-24(21)29(22)32(26)37-31(25)27/h2-19H,1H3. The molecule has 0 aliphatic rings. The van der Waals surface area contributed by atoms with Gasteiger partial charge in [-0.1, -0.05) is 72.8 Å². The summed E-state index contributed by atoms with van der Waals surface area (Å²) in [6, 6.07) is 33.9. The SMILES string of the molecule is Cc1cncc2nc(-c3cccc4c3oc3c4ccc4ccc5ccccc5c43)n(-c3ccccc3)c12. The van der Waals surface area contributed by atoms with Crippen molar-refractivity contribution in [1.29, 1.82) is 0 Å².